The number of nitrogens with zero attached hydrogens (tertiary/aromatic N) is 1. The highest BCUT2D eigenvalue weighted by molar-refractivity contribution is 5.88. The standard InChI is InChI=1S/C22H25NO5/c1-5-27-19-9-6-15(10-21(19)26-4)13-23(2)22(24)11-16-14-28-20-12-17(25-3)7-8-18(16)20/h6-10,12,14H,5,11,13H2,1-4H3. The van der Waals surface area contributed by atoms with Gasteiger partial charge >= 0.3 is 0 Å². The van der Waals surface area contributed by atoms with Crippen molar-refractivity contribution in [2.24, 2.45) is 0 Å². The Kier molecular flexibility index (Phi) is 6.09. The van der Waals surface area contributed by atoms with Crippen molar-refractivity contribution in [3.8, 4) is 17.2 Å². The van der Waals surface area contributed by atoms with Gasteiger partial charge < -0.3 is 23.5 Å². The molecule has 148 valence electrons. The molecule has 3 aromatic rings. The van der Waals surface area contributed by atoms with Crippen LogP contribution in [0, 0.1) is 0 Å². The Balaban J connectivity index is 1.70. The van der Waals surface area contributed by atoms with Gasteiger partial charge in [0.1, 0.15) is 11.3 Å². The van der Waals surface area contributed by atoms with Gasteiger partial charge in [-0.25, -0.2) is 0 Å². The smallest absolute Gasteiger partial charge is 0.227 e. The van der Waals surface area contributed by atoms with E-state index in [1.54, 1.807) is 32.4 Å². The van der Waals surface area contributed by atoms with Gasteiger partial charge in [0.05, 0.1) is 33.5 Å². The second-order valence-corrected chi connectivity index (χ2v) is 6.47. The van der Waals surface area contributed by atoms with Crippen molar-refractivity contribution < 1.29 is 23.4 Å². The van der Waals surface area contributed by atoms with Crippen LogP contribution in [-0.2, 0) is 17.8 Å². The fourth-order valence-electron chi connectivity index (χ4n) is 3.07. The van der Waals surface area contributed by atoms with Crippen molar-refractivity contribution in [3.63, 3.8) is 0 Å². The monoisotopic (exact) mass is 383 g/mol. The molecule has 3 rings (SSSR count). The highest BCUT2D eigenvalue weighted by atomic mass is 16.5. The fraction of sp³-hybridized carbons (Fsp3) is 0.318. The zero-order chi connectivity index (χ0) is 20.1. The van der Waals surface area contributed by atoms with Crippen LogP contribution < -0.4 is 14.2 Å². The van der Waals surface area contributed by atoms with E-state index in [4.69, 9.17) is 18.6 Å². The van der Waals surface area contributed by atoms with E-state index < -0.39 is 0 Å². The maximum Gasteiger partial charge on any atom is 0.227 e. The average molecular weight is 383 g/mol. The molecule has 0 fully saturated rings. The molecule has 2 aromatic carbocycles. The van der Waals surface area contributed by atoms with Crippen molar-refractivity contribution in [1.29, 1.82) is 0 Å². The van der Waals surface area contributed by atoms with Crippen LogP contribution in [0.5, 0.6) is 17.2 Å². The van der Waals surface area contributed by atoms with E-state index in [1.807, 2.05) is 43.3 Å². The number of hydrogen-bond donors (Lipinski definition) is 0. The molecule has 0 saturated carbocycles. The van der Waals surface area contributed by atoms with Gasteiger partial charge in [0.2, 0.25) is 5.91 Å². The second kappa shape index (κ2) is 8.69. The summed E-state index contributed by atoms with van der Waals surface area (Å²) in [5.74, 6) is 2.09. The van der Waals surface area contributed by atoms with Gasteiger partial charge in [-0.05, 0) is 36.8 Å². The fourth-order valence-corrected chi connectivity index (χ4v) is 3.07. The summed E-state index contributed by atoms with van der Waals surface area (Å²) in [4.78, 5) is 14.4. The number of furan rings is 1. The normalized spacial score (nSPS) is 10.7. The maximum atomic E-state index is 12.7. The Hall–Kier alpha value is -3.15. The molecular formula is C22H25NO5. The number of ether oxygens (including phenoxy) is 3. The lowest BCUT2D eigenvalue weighted by atomic mass is 10.1. The first-order valence-corrected chi connectivity index (χ1v) is 9.13. The minimum Gasteiger partial charge on any atom is -0.497 e. The zero-order valence-corrected chi connectivity index (χ0v) is 16.7. The molecule has 0 atom stereocenters. The van der Waals surface area contributed by atoms with E-state index >= 15 is 0 Å². The molecule has 0 aliphatic heterocycles. The van der Waals surface area contributed by atoms with Crippen molar-refractivity contribution in [2.75, 3.05) is 27.9 Å². The Bertz CT molecular complexity index is 963. The number of hydrogen-bond acceptors (Lipinski definition) is 5. The van der Waals surface area contributed by atoms with Gasteiger partial charge in [-0.1, -0.05) is 6.07 Å². The van der Waals surface area contributed by atoms with E-state index in [-0.39, 0.29) is 12.3 Å². The number of carbonyl (C=O) groups excluding carboxylic acids is 1. The van der Waals surface area contributed by atoms with Crippen LogP contribution in [-0.4, -0.2) is 38.7 Å². The second-order valence-electron chi connectivity index (χ2n) is 6.47. The molecule has 1 aromatic heterocycles. The summed E-state index contributed by atoms with van der Waals surface area (Å²) in [6, 6.07) is 11.3. The Morgan fingerprint density at radius 2 is 1.89 bits per heavy atom. The first-order chi connectivity index (χ1) is 13.5. The molecule has 0 bridgehead atoms. The topological polar surface area (TPSA) is 61.1 Å². The zero-order valence-electron chi connectivity index (χ0n) is 16.7. The summed E-state index contributed by atoms with van der Waals surface area (Å²) in [6.07, 6.45) is 1.90. The number of methoxy groups -OCH3 is 2. The lowest BCUT2D eigenvalue weighted by Gasteiger charge is -2.18. The minimum absolute atomic E-state index is 0.00590. The number of rotatable bonds is 8. The molecule has 0 aliphatic rings. The van der Waals surface area contributed by atoms with E-state index in [2.05, 4.69) is 0 Å². The van der Waals surface area contributed by atoms with Crippen molar-refractivity contribution in [3.05, 3.63) is 53.8 Å². The van der Waals surface area contributed by atoms with E-state index in [1.165, 1.54) is 0 Å². The quantitative estimate of drug-likeness (QED) is 0.587. The van der Waals surface area contributed by atoms with Gasteiger partial charge in [0.15, 0.2) is 11.5 Å². The van der Waals surface area contributed by atoms with Gasteiger partial charge in [0, 0.05) is 30.6 Å². The molecule has 0 aliphatic carbocycles. The third kappa shape index (κ3) is 4.22. The van der Waals surface area contributed by atoms with Crippen LogP contribution in [0.2, 0.25) is 0 Å². The summed E-state index contributed by atoms with van der Waals surface area (Å²) < 4.78 is 21.7. The molecule has 0 unspecified atom stereocenters. The lowest BCUT2D eigenvalue weighted by molar-refractivity contribution is -0.129. The minimum atomic E-state index is 0.00590. The Morgan fingerprint density at radius 1 is 1.07 bits per heavy atom. The number of amides is 1. The molecule has 0 saturated heterocycles. The first-order valence-electron chi connectivity index (χ1n) is 9.13. The predicted molar refractivity (Wildman–Crippen MR) is 107 cm³/mol. The third-order valence-electron chi connectivity index (χ3n) is 4.58. The summed E-state index contributed by atoms with van der Waals surface area (Å²) in [5.41, 5.74) is 2.54. The Labute approximate surface area is 164 Å². The maximum absolute atomic E-state index is 12.7. The highest BCUT2D eigenvalue weighted by Crippen LogP contribution is 2.29. The van der Waals surface area contributed by atoms with Crippen LogP contribution in [0.1, 0.15) is 18.1 Å². The number of carbonyl (C=O) groups is 1. The molecule has 28 heavy (non-hydrogen) atoms. The highest BCUT2D eigenvalue weighted by Gasteiger charge is 2.15. The summed E-state index contributed by atoms with van der Waals surface area (Å²) in [6.45, 7) is 2.97. The molecule has 0 N–H and O–H groups in total. The molecule has 0 radical (unpaired) electrons. The van der Waals surface area contributed by atoms with Crippen LogP contribution in [0.25, 0.3) is 11.0 Å². The van der Waals surface area contributed by atoms with E-state index in [0.29, 0.717) is 30.2 Å². The van der Waals surface area contributed by atoms with Crippen molar-refractivity contribution in [1.82, 2.24) is 4.90 Å². The molecular weight excluding hydrogens is 358 g/mol. The molecule has 6 heteroatoms. The molecule has 0 spiro atoms. The predicted octanol–water partition coefficient (Wildman–Crippen LogP) is 4.05. The number of likely N-dealkylation sites (N-methyl/N-ethyl adjacent to an activating group) is 1. The third-order valence-corrected chi connectivity index (χ3v) is 4.58. The van der Waals surface area contributed by atoms with Gasteiger partial charge in [-0.15, -0.1) is 0 Å². The van der Waals surface area contributed by atoms with Crippen LogP contribution >= 0.6 is 0 Å². The number of benzene rings is 2. The van der Waals surface area contributed by atoms with E-state index in [9.17, 15) is 4.79 Å². The van der Waals surface area contributed by atoms with E-state index in [0.717, 1.165) is 22.3 Å². The molecule has 1 heterocycles. The summed E-state index contributed by atoms with van der Waals surface area (Å²) in [5, 5.41) is 0.922. The molecule has 6 nitrogen and oxygen atoms in total. The summed E-state index contributed by atoms with van der Waals surface area (Å²) >= 11 is 0. The van der Waals surface area contributed by atoms with Gasteiger partial charge in [0.25, 0.3) is 0 Å². The SMILES string of the molecule is CCOc1ccc(CN(C)C(=O)Cc2coc3cc(OC)ccc23)cc1OC. The van der Waals surface area contributed by atoms with Gasteiger partial charge in [-0.3, -0.25) is 4.79 Å². The van der Waals surface area contributed by atoms with Crippen molar-refractivity contribution in [2.45, 2.75) is 19.9 Å². The van der Waals surface area contributed by atoms with Crippen LogP contribution in [0.3, 0.4) is 0 Å². The first kappa shape index (κ1) is 19.6. The Morgan fingerprint density at radius 3 is 2.61 bits per heavy atom. The van der Waals surface area contributed by atoms with Crippen LogP contribution in [0.4, 0.5) is 0 Å². The largest absolute Gasteiger partial charge is 0.497 e. The summed E-state index contributed by atoms with van der Waals surface area (Å²) in [7, 11) is 5.01. The van der Waals surface area contributed by atoms with Crippen molar-refractivity contribution >= 4 is 16.9 Å². The lowest BCUT2D eigenvalue weighted by Crippen LogP contribution is -2.27. The van der Waals surface area contributed by atoms with Gasteiger partial charge in [-0.2, -0.15) is 0 Å². The van der Waals surface area contributed by atoms with Crippen LogP contribution in [0.15, 0.2) is 47.1 Å². The average Bonchev–Trinajstić information content (AvgIpc) is 3.11. The molecule has 1 amide bonds. The number of fused-ring (bicyclic) bond motifs is 1.